The van der Waals surface area contributed by atoms with Crippen molar-refractivity contribution in [1.82, 2.24) is 9.78 Å². The lowest BCUT2D eigenvalue weighted by Crippen LogP contribution is -1.95. The molecule has 78 valence electrons. The van der Waals surface area contributed by atoms with E-state index in [4.69, 9.17) is 0 Å². The average molecular weight is 210 g/mol. The van der Waals surface area contributed by atoms with Crippen LogP contribution in [0, 0.1) is 11.6 Å². The maximum atomic E-state index is 13.0. The van der Waals surface area contributed by atoms with Crippen molar-refractivity contribution in [3.05, 3.63) is 36.0 Å². The summed E-state index contributed by atoms with van der Waals surface area (Å²) in [7, 11) is 1.62. The molecule has 2 rings (SSSR count). The molecule has 1 N–H and O–H groups in total. The topological polar surface area (TPSA) is 38.0 Å². The number of aromatic nitrogens is 2. The second-order valence-electron chi connectivity index (χ2n) is 3.12. The zero-order valence-corrected chi connectivity index (χ0v) is 7.91. The number of aromatic hydroxyl groups is 1. The van der Waals surface area contributed by atoms with Crippen LogP contribution >= 0.6 is 0 Å². The minimum Gasteiger partial charge on any atom is -0.504 e. The van der Waals surface area contributed by atoms with E-state index in [9.17, 15) is 13.9 Å². The van der Waals surface area contributed by atoms with Crippen molar-refractivity contribution in [2.45, 2.75) is 0 Å². The molecule has 0 aliphatic rings. The van der Waals surface area contributed by atoms with Gasteiger partial charge in [-0.25, -0.2) is 8.78 Å². The van der Waals surface area contributed by atoms with Crippen molar-refractivity contribution in [3.8, 4) is 17.0 Å². The number of halogens is 2. The van der Waals surface area contributed by atoms with Crippen LogP contribution in [0.5, 0.6) is 5.75 Å². The molecule has 0 aliphatic carbocycles. The molecule has 0 radical (unpaired) electrons. The van der Waals surface area contributed by atoms with Crippen molar-refractivity contribution in [3.63, 3.8) is 0 Å². The predicted octanol–water partition coefficient (Wildman–Crippen LogP) is 2.07. The molecule has 0 unspecified atom stereocenters. The van der Waals surface area contributed by atoms with E-state index < -0.39 is 17.4 Å². The third-order valence-electron chi connectivity index (χ3n) is 2.13. The maximum absolute atomic E-state index is 13.0. The molecule has 0 bridgehead atoms. The third-order valence-corrected chi connectivity index (χ3v) is 2.13. The molecule has 1 aromatic carbocycles. The minimum atomic E-state index is -0.980. The summed E-state index contributed by atoms with van der Waals surface area (Å²) in [6, 6.07) is 3.26. The van der Waals surface area contributed by atoms with Gasteiger partial charge in [-0.1, -0.05) is 0 Å². The van der Waals surface area contributed by atoms with E-state index in [0.29, 0.717) is 11.8 Å². The Morgan fingerprint density at radius 2 is 2.07 bits per heavy atom. The zero-order chi connectivity index (χ0) is 11.0. The fourth-order valence-corrected chi connectivity index (χ4v) is 1.40. The second-order valence-corrected chi connectivity index (χ2v) is 3.12. The number of nitrogens with zero attached hydrogens (tertiary/aromatic N) is 2. The Bertz CT molecular complexity index is 508. The molecule has 0 amide bonds. The van der Waals surface area contributed by atoms with Gasteiger partial charge in [-0.05, 0) is 12.1 Å². The van der Waals surface area contributed by atoms with Crippen LogP contribution in [0.1, 0.15) is 0 Å². The Labute approximate surface area is 84.6 Å². The number of phenols is 1. The van der Waals surface area contributed by atoms with Gasteiger partial charge in [0, 0.05) is 24.9 Å². The highest BCUT2D eigenvalue weighted by atomic mass is 19.1. The summed E-state index contributed by atoms with van der Waals surface area (Å²) in [6.07, 6.45) is 1.48. The molecule has 0 fully saturated rings. The molecule has 2 aromatic rings. The molecule has 0 spiro atoms. The number of benzene rings is 1. The van der Waals surface area contributed by atoms with Crippen LogP contribution in [0.25, 0.3) is 11.3 Å². The smallest absolute Gasteiger partial charge is 0.168 e. The first kappa shape index (κ1) is 9.64. The lowest BCUT2D eigenvalue weighted by molar-refractivity contribution is 0.429. The molecule has 3 nitrogen and oxygen atoms in total. The normalized spacial score (nSPS) is 10.6. The van der Waals surface area contributed by atoms with Crippen LogP contribution in [-0.2, 0) is 7.05 Å². The number of aryl methyl sites for hydroxylation is 1. The van der Waals surface area contributed by atoms with Gasteiger partial charge in [-0.2, -0.15) is 5.10 Å². The Kier molecular flexibility index (Phi) is 2.15. The zero-order valence-electron chi connectivity index (χ0n) is 7.91. The summed E-state index contributed by atoms with van der Waals surface area (Å²) in [6.45, 7) is 0. The molecular weight excluding hydrogens is 202 g/mol. The molecule has 0 aliphatic heterocycles. The molecule has 1 heterocycles. The monoisotopic (exact) mass is 210 g/mol. The van der Waals surface area contributed by atoms with Crippen LogP contribution < -0.4 is 0 Å². The number of hydrogen-bond donors (Lipinski definition) is 1. The van der Waals surface area contributed by atoms with E-state index in [1.54, 1.807) is 13.1 Å². The van der Waals surface area contributed by atoms with E-state index in [1.807, 2.05) is 0 Å². The van der Waals surface area contributed by atoms with Crippen molar-refractivity contribution in [2.24, 2.45) is 7.05 Å². The van der Waals surface area contributed by atoms with Crippen molar-refractivity contribution in [1.29, 1.82) is 0 Å². The number of hydrogen-bond acceptors (Lipinski definition) is 2. The van der Waals surface area contributed by atoms with Gasteiger partial charge in [0.25, 0.3) is 0 Å². The molecule has 0 saturated heterocycles. The lowest BCUT2D eigenvalue weighted by Gasteiger charge is -2.05. The first-order valence-electron chi connectivity index (χ1n) is 4.26. The highest BCUT2D eigenvalue weighted by molar-refractivity contribution is 5.67. The van der Waals surface area contributed by atoms with Gasteiger partial charge in [-0.15, -0.1) is 0 Å². The minimum absolute atomic E-state index is 0.0903. The summed E-state index contributed by atoms with van der Waals surface area (Å²) < 4.78 is 27.4. The van der Waals surface area contributed by atoms with E-state index in [-0.39, 0.29) is 5.56 Å². The van der Waals surface area contributed by atoms with E-state index in [1.165, 1.54) is 10.9 Å². The fraction of sp³-hybridized carbons (Fsp3) is 0.100. The lowest BCUT2D eigenvalue weighted by atomic mass is 10.1. The van der Waals surface area contributed by atoms with Crippen LogP contribution in [-0.4, -0.2) is 14.9 Å². The standard InChI is InChI=1S/C10H8F2N2O/c1-14-9(2-3-13-14)7-4-6(11)5-8(12)10(7)15/h2-5,15H,1H3. The Balaban J connectivity index is 2.68. The van der Waals surface area contributed by atoms with Crippen LogP contribution in [0.3, 0.4) is 0 Å². The number of phenolic OH excluding ortho intramolecular Hbond substituents is 1. The van der Waals surface area contributed by atoms with Crippen LogP contribution in [0.2, 0.25) is 0 Å². The highest BCUT2D eigenvalue weighted by Crippen LogP contribution is 2.31. The van der Waals surface area contributed by atoms with Gasteiger partial charge >= 0.3 is 0 Å². The predicted molar refractivity (Wildman–Crippen MR) is 50.2 cm³/mol. The van der Waals surface area contributed by atoms with Gasteiger partial charge < -0.3 is 5.11 Å². The first-order valence-corrected chi connectivity index (χ1v) is 4.26. The summed E-state index contributed by atoms with van der Waals surface area (Å²) in [5.74, 6) is -2.28. The van der Waals surface area contributed by atoms with Gasteiger partial charge in [0.05, 0.1) is 5.69 Å². The van der Waals surface area contributed by atoms with Crippen LogP contribution in [0.4, 0.5) is 8.78 Å². The summed E-state index contributed by atoms with van der Waals surface area (Å²) in [5, 5.41) is 13.3. The van der Waals surface area contributed by atoms with Gasteiger partial charge in [0.1, 0.15) is 5.82 Å². The maximum Gasteiger partial charge on any atom is 0.168 e. The Morgan fingerprint density at radius 3 is 2.67 bits per heavy atom. The highest BCUT2D eigenvalue weighted by Gasteiger charge is 2.13. The molecular formula is C10H8F2N2O. The van der Waals surface area contributed by atoms with Crippen molar-refractivity contribution in [2.75, 3.05) is 0 Å². The van der Waals surface area contributed by atoms with Crippen molar-refractivity contribution >= 4 is 0 Å². The quantitative estimate of drug-likeness (QED) is 0.782. The van der Waals surface area contributed by atoms with Gasteiger partial charge in [-0.3, -0.25) is 4.68 Å². The summed E-state index contributed by atoms with van der Waals surface area (Å²) in [4.78, 5) is 0. The van der Waals surface area contributed by atoms with Crippen molar-refractivity contribution < 1.29 is 13.9 Å². The summed E-state index contributed by atoms with van der Waals surface area (Å²) in [5.41, 5.74) is 0.540. The largest absolute Gasteiger partial charge is 0.504 e. The molecule has 15 heavy (non-hydrogen) atoms. The molecule has 1 aromatic heterocycles. The Morgan fingerprint density at radius 1 is 1.33 bits per heavy atom. The third kappa shape index (κ3) is 1.56. The fourth-order valence-electron chi connectivity index (χ4n) is 1.40. The van der Waals surface area contributed by atoms with Gasteiger partial charge in [0.15, 0.2) is 11.6 Å². The van der Waals surface area contributed by atoms with Crippen LogP contribution in [0.15, 0.2) is 24.4 Å². The van der Waals surface area contributed by atoms with E-state index >= 15 is 0 Å². The first-order chi connectivity index (χ1) is 7.09. The number of rotatable bonds is 1. The Hall–Kier alpha value is -1.91. The van der Waals surface area contributed by atoms with Gasteiger partial charge in [0.2, 0.25) is 0 Å². The van der Waals surface area contributed by atoms with E-state index in [0.717, 1.165) is 6.07 Å². The molecule has 0 saturated carbocycles. The SMILES string of the molecule is Cn1nccc1-c1cc(F)cc(F)c1O. The van der Waals surface area contributed by atoms with E-state index in [2.05, 4.69) is 5.10 Å². The summed E-state index contributed by atoms with van der Waals surface area (Å²) >= 11 is 0. The second kappa shape index (κ2) is 3.34. The average Bonchev–Trinajstić information content (AvgIpc) is 2.58. The molecule has 0 atom stereocenters. The molecule has 5 heteroatoms.